The molecular formula is C18H15IN3+. The van der Waals surface area contributed by atoms with Gasteiger partial charge in [-0.05, 0) is 59.8 Å². The van der Waals surface area contributed by atoms with E-state index >= 15 is 0 Å². The van der Waals surface area contributed by atoms with E-state index in [0.717, 1.165) is 5.82 Å². The molecule has 3 aromatic heterocycles. The highest BCUT2D eigenvalue weighted by atomic mass is 127. The van der Waals surface area contributed by atoms with E-state index < -0.39 is 0 Å². The van der Waals surface area contributed by atoms with Crippen molar-refractivity contribution in [1.29, 1.82) is 0 Å². The van der Waals surface area contributed by atoms with Crippen LogP contribution in [0.5, 0.6) is 0 Å². The maximum Gasteiger partial charge on any atom is 0.296 e. The summed E-state index contributed by atoms with van der Waals surface area (Å²) in [6.07, 6.45) is 3.97. The van der Waals surface area contributed by atoms with Crippen LogP contribution in [0.4, 0.5) is 0 Å². The second kappa shape index (κ2) is 5.05. The molecule has 1 aromatic carbocycles. The summed E-state index contributed by atoms with van der Waals surface area (Å²) in [6, 6.07) is 14.8. The molecule has 0 aliphatic rings. The van der Waals surface area contributed by atoms with E-state index in [1.807, 2.05) is 12.3 Å². The third-order valence-corrected chi connectivity index (χ3v) is 5.29. The second-order valence-corrected chi connectivity index (χ2v) is 6.61. The number of hydrogen-bond acceptors (Lipinski definition) is 1. The van der Waals surface area contributed by atoms with Gasteiger partial charge in [0.05, 0.1) is 18.6 Å². The van der Waals surface area contributed by atoms with Gasteiger partial charge in [-0.2, -0.15) is 4.57 Å². The molecule has 0 fully saturated rings. The SMILES string of the molecule is Cc1c(I)ccnc1-n1c2ccccc2c2ccc[n+](C)c21. The molecule has 3 heterocycles. The van der Waals surface area contributed by atoms with Crippen LogP contribution in [0, 0.1) is 10.5 Å². The lowest BCUT2D eigenvalue weighted by atomic mass is 10.2. The summed E-state index contributed by atoms with van der Waals surface area (Å²) in [4.78, 5) is 4.67. The Morgan fingerprint density at radius 3 is 2.68 bits per heavy atom. The molecule has 0 aliphatic carbocycles. The summed E-state index contributed by atoms with van der Waals surface area (Å²) in [6.45, 7) is 2.13. The lowest BCUT2D eigenvalue weighted by Gasteiger charge is -2.05. The first kappa shape index (κ1) is 13.7. The number of aryl methyl sites for hydroxylation is 1. The molecule has 0 N–H and O–H groups in total. The van der Waals surface area contributed by atoms with Crippen LogP contribution >= 0.6 is 22.6 Å². The molecule has 0 spiro atoms. The number of pyridine rings is 2. The van der Waals surface area contributed by atoms with E-state index in [4.69, 9.17) is 0 Å². The van der Waals surface area contributed by atoms with E-state index in [9.17, 15) is 0 Å². The summed E-state index contributed by atoms with van der Waals surface area (Å²) in [5.41, 5.74) is 3.56. The quantitative estimate of drug-likeness (QED) is 0.351. The number of benzene rings is 1. The van der Waals surface area contributed by atoms with Crippen LogP contribution < -0.4 is 4.57 Å². The number of fused-ring (bicyclic) bond motifs is 3. The van der Waals surface area contributed by atoms with Crippen molar-refractivity contribution in [3.8, 4) is 5.82 Å². The van der Waals surface area contributed by atoms with Gasteiger partial charge in [0, 0.05) is 20.7 Å². The smallest absolute Gasteiger partial charge is 0.236 e. The fraction of sp³-hybridized carbons (Fsp3) is 0.111. The number of para-hydroxylation sites is 1. The fourth-order valence-corrected chi connectivity index (χ4v) is 3.45. The molecule has 0 atom stereocenters. The topological polar surface area (TPSA) is 21.7 Å². The van der Waals surface area contributed by atoms with Crippen molar-refractivity contribution in [2.75, 3.05) is 0 Å². The Bertz CT molecular complexity index is 1020. The first-order valence-corrected chi connectivity index (χ1v) is 8.25. The molecule has 0 radical (unpaired) electrons. The fourth-order valence-electron chi connectivity index (χ4n) is 3.04. The predicted molar refractivity (Wildman–Crippen MR) is 97.2 cm³/mol. The van der Waals surface area contributed by atoms with Gasteiger partial charge in [0.15, 0.2) is 0 Å². The average molecular weight is 400 g/mol. The van der Waals surface area contributed by atoms with Crippen molar-refractivity contribution in [1.82, 2.24) is 9.55 Å². The molecular weight excluding hydrogens is 385 g/mol. The molecule has 0 amide bonds. The monoisotopic (exact) mass is 400 g/mol. The van der Waals surface area contributed by atoms with Crippen molar-refractivity contribution in [3.05, 3.63) is 64.0 Å². The van der Waals surface area contributed by atoms with Crippen molar-refractivity contribution in [2.45, 2.75) is 6.92 Å². The van der Waals surface area contributed by atoms with Gasteiger partial charge in [-0.15, -0.1) is 0 Å². The first-order valence-electron chi connectivity index (χ1n) is 7.18. The molecule has 0 saturated carbocycles. The lowest BCUT2D eigenvalue weighted by Crippen LogP contribution is -2.30. The molecule has 0 saturated heterocycles. The van der Waals surface area contributed by atoms with Crippen LogP contribution in [0.15, 0.2) is 54.9 Å². The third kappa shape index (κ3) is 1.86. The summed E-state index contributed by atoms with van der Waals surface area (Å²) < 4.78 is 5.66. The van der Waals surface area contributed by atoms with Crippen LogP contribution in [-0.4, -0.2) is 9.55 Å². The molecule has 0 unspecified atom stereocenters. The molecule has 4 heteroatoms. The molecule has 22 heavy (non-hydrogen) atoms. The number of hydrogen-bond donors (Lipinski definition) is 0. The van der Waals surface area contributed by atoms with Gasteiger partial charge in [-0.3, -0.25) is 0 Å². The van der Waals surface area contributed by atoms with Gasteiger partial charge in [0.25, 0.3) is 5.65 Å². The summed E-state index contributed by atoms with van der Waals surface area (Å²) in [5, 5.41) is 2.51. The minimum Gasteiger partial charge on any atom is -0.236 e. The second-order valence-electron chi connectivity index (χ2n) is 5.45. The predicted octanol–water partition coefficient (Wildman–Crippen LogP) is 3.92. The average Bonchev–Trinajstić information content (AvgIpc) is 2.86. The van der Waals surface area contributed by atoms with E-state index in [-0.39, 0.29) is 0 Å². The molecule has 108 valence electrons. The van der Waals surface area contributed by atoms with Gasteiger partial charge >= 0.3 is 0 Å². The third-order valence-electron chi connectivity index (χ3n) is 4.12. The largest absolute Gasteiger partial charge is 0.296 e. The molecule has 4 rings (SSSR count). The van der Waals surface area contributed by atoms with E-state index in [0.29, 0.717) is 0 Å². The Balaban J connectivity index is 2.27. The molecule has 4 aromatic rings. The van der Waals surface area contributed by atoms with Crippen LogP contribution in [-0.2, 0) is 7.05 Å². The highest BCUT2D eigenvalue weighted by Crippen LogP contribution is 2.30. The maximum absolute atomic E-state index is 4.67. The zero-order chi connectivity index (χ0) is 15.3. The van der Waals surface area contributed by atoms with Gasteiger partial charge in [-0.1, -0.05) is 12.1 Å². The number of nitrogens with zero attached hydrogens (tertiary/aromatic N) is 3. The Kier molecular flexibility index (Phi) is 3.14. The summed E-state index contributed by atoms with van der Waals surface area (Å²) in [5.74, 6) is 1.000. The van der Waals surface area contributed by atoms with Crippen molar-refractivity contribution < 1.29 is 4.57 Å². The molecule has 0 bridgehead atoms. The van der Waals surface area contributed by atoms with Gasteiger partial charge < -0.3 is 0 Å². The highest BCUT2D eigenvalue weighted by molar-refractivity contribution is 14.1. The van der Waals surface area contributed by atoms with E-state index in [1.54, 1.807) is 0 Å². The zero-order valence-electron chi connectivity index (χ0n) is 12.4. The maximum atomic E-state index is 4.67. The Hall–Kier alpha value is -1.95. The van der Waals surface area contributed by atoms with E-state index in [2.05, 4.69) is 93.3 Å². The number of aromatic nitrogens is 3. The highest BCUT2D eigenvalue weighted by Gasteiger charge is 2.23. The first-order chi connectivity index (χ1) is 10.7. The summed E-state index contributed by atoms with van der Waals surface area (Å²) in [7, 11) is 2.08. The van der Waals surface area contributed by atoms with Crippen LogP contribution in [0.3, 0.4) is 0 Å². The Labute approximate surface area is 142 Å². The van der Waals surface area contributed by atoms with Crippen molar-refractivity contribution in [2.24, 2.45) is 7.05 Å². The standard InChI is InChI=1S/C18H15IN3/c1-12-15(19)9-10-20-17(12)22-16-8-4-3-6-13(16)14-7-5-11-21(2)18(14)22/h3-11H,1-2H3/q+1. The minimum atomic E-state index is 1.000. The Morgan fingerprint density at radius 2 is 1.82 bits per heavy atom. The van der Waals surface area contributed by atoms with Crippen LogP contribution in [0.2, 0.25) is 0 Å². The van der Waals surface area contributed by atoms with Gasteiger partial charge in [0.2, 0.25) is 5.82 Å². The Morgan fingerprint density at radius 1 is 1.05 bits per heavy atom. The zero-order valence-corrected chi connectivity index (χ0v) is 14.6. The van der Waals surface area contributed by atoms with Crippen LogP contribution in [0.25, 0.3) is 27.8 Å². The van der Waals surface area contributed by atoms with Crippen LogP contribution in [0.1, 0.15) is 5.56 Å². The number of halogens is 1. The normalized spacial score (nSPS) is 11.4. The van der Waals surface area contributed by atoms with Crippen molar-refractivity contribution in [3.63, 3.8) is 0 Å². The minimum absolute atomic E-state index is 1.000. The van der Waals surface area contributed by atoms with Crippen molar-refractivity contribution >= 4 is 44.5 Å². The van der Waals surface area contributed by atoms with Gasteiger partial charge in [-0.25, -0.2) is 9.55 Å². The van der Waals surface area contributed by atoms with E-state index in [1.165, 1.54) is 31.1 Å². The number of rotatable bonds is 1. The van der Waals surface area contributed by atoms with Gasteiger partial charge in [0.1, 0.15) is 5.52 Å². The lowest BCUT2D eigenvalue weighted by molar-refractivity contribution is -0.647. The molecule has 0 aliphatic heterocycles. The molecule has 3 nitrogen and oxygen atoms in total. The summed E-state index contributed by atoms with van der Waals surface area (Å²) >= 11 is 2.37.